The Labute approximate surface area is 41.5 Å². The van der Waals surface area contributed by atoms with Gasteiger partial charge in [-0.05, 0) is 12.2 Å². The van der Waals surface area contributed by atoms with Gasteiger partial charge in [-0.3, -0.25) is 0 Å². The van der Waals surface area contributed by atoms with Crippen molar-refractivity contribution in [3.8, 4) is 0 Å². The fourth-order valence-electron chi connectivity index (χ4n) is 0.495. The van der Waals surface area contributed by atoms with Crippen LogP contribution in [0.4, 0.5) is 4.39 Å². The molecule has 7 heavy (non-hydrogen) atoms. The van der Waals surface area contributed by atoms with Crippen molar-refractivity contribution in [2.24, 2.45) is 0 Å². The first kappa shape index (κ1) is 4.53. The van der Waals surface area contributed by atoms with Gasteiger partial charge < -0.3 is 5.32 Å². The third-order valence-corrected chi connectivity index (χ3v) is 0.826. The Bertz CT molecular complexity index is 115. The van der Waals surface area contributed by atoms with Crippen molar-refractivity contribution in [1.82, 2.24) is 0 Å². The average molecular weight is 100 g/mol. The summed E-state index contributed by atoms with van der Waals surface area (Å²) in [6, 6.07) is 0. The molecule has 1 aliphatic rings. The van der Waals surface area contributed by atoms with Crippen molar-refractivity contribution in [2.45, 2.75) is 0 Å². The molecule has 1 nitrogen and oxygen atoms in total. The molecule has 0 amide bonds. The maximum Gasteiger partial charge on any atom is 0.175 e. The minimum absolute atomic E-state index is 0.147. The van der Waals surface area contributed by atoms with Crippen molar-refractivity contribution >= 4 is 0 Å². The lowest BCUT2D eigenvalue weighted by molar-refractivity contribution is -0.580. The third-order valence-electron chi connectivity index (χ3n) is 0.826. The van der Waals surface area contributed by atoms with E-state index in [4.69, 9.17) is 0 Å². The number of quaternary nitrogens is 1. The molecule has 2 heteroatoms. The number of hydrogen-bond acceptors (Lipinski definition) is 0. The summed E-state index contributed by atoms with van der Waals surface area (Å²) in [5.74, 6) is -0.147. The molecule has 2 N–H and O–H groups in total. The largest absolute Gasteiger partial charge is 0.314 e. The molecule has 0 aromatic carbocycles. The highest BCUT2D eigenvalue weighted by molar-refractivity contribution is 5.09. The molecule has 0 unspecified atom stereocenters. The van der Waals surface area contributed by atoms with Crippen LogP contribution < -0.4 is 5.32 Å². The summed E-state index contributed by atoms with van der Waals surface area (Å²) < 4.78 is 11.9. The highest BCUT2D eigenvalue weighted by atomic mass is 19.1. The summed E-state index contributed by atoms with van der Waals surface area (Å²) in [5, 5.41) is 1.79. The zero-order valence-electron chi connectivity index (χ0n) is 3.89. The van der Waals surface area contributed by atoms with E-state index in [9.17, 15) is 4.39 Å². The van der Waals surface area contributed by atoms with Crippen LogP contribution in [0.1, 0.15) is 0 Å². The fraction of sp³-hybridized carbons (Fsp3) is 0.200. The van der Waals surface area contributed by atoms with E-state index in [1.54, 1.807) is 11.4 Å². The van der Waals surface area contributed by atoms with Gasteiger partial charge in [-0.25, -0.2) is 4.39 Å². The second-order valence-electron chi connectivity index (χ2n) is 1.43. The number of halogens is 1. The molecule has 1 rings (SSSR count). The van der Waals surface area contributed by atoms with Crippen LogP contribution in [0, 0.1) is 0 Å². The van der Waals surface area contributed by atoms with Crippen LogP contribution in [0.5, 0.6) is 0 Å². The van der Waals surface area contributed by atoms with Crippen LogP contribution >= 0.6 is 0 Å². The van der Waals surface area contributed by atoms with Crippen LogP contribution in [-0.4, -0.2) is 6.54 Å². The van der Waals surface area contributed by atoms with Crippen LogP contribution in [0.2, 0.25) is 0 Å². The smallest absolute Gasteiger partial charge is 0.175 e. The molecule has 1 aliphatic heterocycles. The number of allylic oxidation sites excluding steroid dienone is 2. The average Bonchev–Trinajstić information content (AvgIpc) is 1.69. The predicted molar refractivity (Wildman–Crippen MR) is 25.1 cm³/mol. The van der Waals surface area contributed by atoms with E-state index >= 15 is 0 Å². The lowest BCUT2D eigenvalue weighted by Gasteiger charge is -1.92. The van der Waals surface area contributed by atoms with Crippen molar-refractivity contribution in [2.75, 3.05) is 6.54 Å². The molecule has 0 bridgehead atoms. The zero-order chi connectivity index (χ0) is 5.11. The molecular formula is C5H7FN+. The van der Waals surface area contributed by atoms with Gasteiger partial charge in [-0.1, -0.05) is 0 Å². The van der Waals surface area contributed by atoms with Gasteiger partial charge in [0, 0.05) is 0 Å². The highest BCUT2D eigenvalue weighted by Crippen LogP contribution is 1.94. The summed E-state index contributed by atoms with van der Waals surface area (Å²) in [4.78, 5) is 0. The molecule has 38 valence electrons. The molecule has 0 aromatic heterocycles. The summed E-state index contributed by atoms with van der Waals surface area (Å²) in [6.07, 6.45) is 4.73. The SMILES string of the molecule is FC1=C[NH2+]CC=C1. The Kier molecular flexibility index (Phi) is 1.22. The van der Waals surface area contributed by atoms with Gasteiger partial charge in [0.25, 0.3) is 0 Å². The Balaban J connectivity index is 2.58. The highest BCUT2D eigenvalue weighted by Gasteiger charge is 1.93. The van der Waals surface area contributed by atoms with Gasteiger partial charge in [-0.15, -0.1) is 0 Å². The third kappa shape index (κ3) is 1.12. The topological polar surface area (TPSA) is 16.6 Å². The van der Waals surface area contributed by atoms with E-state index in [0.717, 1.165) is 6.54 Å². The number of nitrogens with two attached hydrogens (primary N) is 1. The lowest BCUT2D eigenvalue weighted by Crippen LogP contribution is -2.78. The Hall–Kier alpha value is -0.630. The quantitative estimate of drug-likeness (QED) is 0.439. The molecule has 0 saturated heterocycles. The second kappa shape index (κ2) is 1.89. The van der Waals surface area contributed by atoms with E-state index in [1.807, 2.05) is 0 Å². The first-order valence-corrected chi connectivity index (χ1v) is 2.25. The summed E-state index contributed by atoms with van der Waals surface area (Å²) >= 11 is 0. The van der Waals surface area contributed by atoms with E-state index in [2.05, 4.69) is 0 Å². The molecule has 0 aromatic rings. The van der Waals surface area contributed by atoms with E-state index in [0.29, 0.717) is 0 Å². The van der Waals surface area contributed by atoms with Gasteiger partial charge in [0.15, 0.2) is 5.83 Å². The normalized spacial score (nSPS) is 19.3. The molecular weight excluding hydrogens is 93.1 g/mol. The maximum absolute atomic E-state index is 11.9. The number of rotatable bonds is 0. The number of hydrogen-bond donors (Lipinski definition) is 1. The van der Waals surface area contributed by atoms with E-state index in [-0.39, 0.29) is 5.83 Å². The molecule has 0 fully saturated rings. The lowest BCUT2D eigenvalue weighted by atomic mass is 10.4. The van der Waals surface area contributed by atoms with Gasteiger partial charge in [0.05, 0.1) is 6.54 Å². The van der Waals surface area contributed by atoms with Crippen molar-refractivity contribution < 1.29 is 9.71 Å². The monoisotopic (exact) mass is 100 g/mol. The van der Waals surface area contributed by atoms with Gasteiger partial charge in [0.2, 0.25) is 0 Å². The van der Waals surface area contributed by atoms with E-state index in [1.165, 1.54) is 12.3 Å². The van der Waals surface area contributed by atoms with Gasteiger partial charge in [0.1, 0.15) is 6.20 Å². The maximum atomic E-state index is 11.9. The van der Waals surface area contributed by atoms with Crippen LogP contribution in [0.25, 0.3) is 0 Å². The zero-order valence-corrected chi connectivity index (χ0v) is 3.89. The Morgan fingerprint density at radius 2 is 2.57 bits per heavy atom. The van der Waals surface area contributed by atoms with Crippen LogP contribution in [-0.2, 0) is 0 Å². The predicted octanol–water partition coefficient (Wildman–Crippen LogP) is -0.0695. The molecule has 0 atom stereocenters. The summed E-state index contributed by atoms with van der Waals surface area (Å²) in [7, 11) is 0. The van der Waals surface area contributed by atoms with Crippen molar-refractivity contribution in [1.29, 1.82) is 0 Å². The minimum atomic E-state index is -0.147. The Morgan fingerprint density at radius 1 is 1.71 bits per heavy atom. The molecule has 0 spiro atoms. The molecule has 1 heterocycles. The first-order chi connectivity index (χ1) is 3.39. The summed E-state index contributed by atoms with van der Waals surface area (Å²) in [5.41, 5.74) is 0. The standard InChI is InChI=1S/C5H6FN/c6-5-2-1-3-7-4-5/h1-2,4,7H,3H2/p+1. The Morgan fingerprint density at radius 3 is 2.86 bits per heavy atom. The molecule has 0 saturated carbocycles. The fourth-order valence-corrected chi connectivity index (χ4v) is 0.495. The minimum Gasteiger partial charge on any atom is -0.314 e. The summed E-state index contributed by atoms with van der Waals surface area (Å²) in [6.45, 7) is 0.868. The second-order valence-corrected chi connectivity index (χ2v) is 1.43. The molecule has 0 aliphatic carbocycles. The van der Waals surface area contributed by atoms with Gasteiger partial charge in [-0.2, -0.15) is 0 Å². The van der Waals surface area contributed by atoms with Crippen molar-refractivity contribution in [3.05, 3.63) is 24.2 Å². The first-order valence-electron chi connectivity index (χ1n) is 2.25. The van der Waals surface area contributed by atoms with Crippen molar-refractivity contribution in [3.63, 3.8) is 0 Å². The molecule has 0 radical (unpaired) electrons. The van der Waals surface area contributed by atoms with Gasteiger partial charge >= 0.3 is 0 Å². The van der Waals surface area contributed by atoms with Crippen LogP contribution in [0.3, 0.4) is 0 Å². The van der Waals surface area contributed by atoms with E-state index < -0.39 is 0 Å². The van der Waals surface area contributed by atoms with Crippen LogP contribution in [0.15, 0.2) is 24.2 Å².